The first kappa shape index (κ1) is 10.4. The first-order valence-electron chi connectivity index (χ1n) is 5.74. The SMILES string of the molecule is NCc1cn(Cc2nc(CC3CC3)no2)nn1. The van der Waals surface area contributed by atoms with Crippen molar-refractivity contribution in [1.29, 1.82) is 0 Å². The van der Waals surface area contributed by atoms with E-state index in [1.165, 1.54) is 12.8 Å². The topological polar surface area (TPSA) is 95.7 Å². The molecule has 0 atom stereocenters. The molecule has 0 aliphatic heterocycles. The standard InChI is InChI=1S/C10H14N6O/c11-4-8-5-16(15-13-8)6-10-12-9(14-17-10)3-7-1-2-7/h5,7H,1-4,6,11H2. The molecule has 0 saturated heterocycles. The fourth-order valence-corrected chi connectivity index (χ4v) is 1.67. The summed E-state index contributed by atoms with van der Waals surface area (Å²) in [6.45, 7) is 0.835. The smallest absolute Gasteiger partial charge is 0.248 e. The molecule has 2 heterocycles. The maximum atomic E-state index is 5.46. The maximum Gasteiger partial charge on any atom is 0.248 e. The minimum absolute atomic E-state index is 0.386. The molecular weight excluding hydrogens is 220 g/mol. The fraction of sp³-hybridized carbons (Fsp3) is 0.600. The molecule has 0 aromatic carbocycles. The van der Waals surface area contributed by atoms with Crippen LogP contribution in [-0.4, -0.2) is 25.1 Å². The predicted molar refractivity (Wildman–Crippen MR) is 57.7 cm³/mol. The van der Waals surface area contributed by atoms with Crippen molar-refractivity contribution in [1.82, 2.24) is 25.1 Å². The van der Waals surface area contributed by atoms with Crippen LogP contribution in [0.3, 0.4) is 0 Å². The second-order valence-corrected chi connectivity index (χ2v) is 4.36. The van der Waals surface area contributed by atoms with Gasteiger partial charge in [-0.2, -0.15) is 4.98 Å². The Bertz CT molecular complexity index is 500. The number of hydrogen-bond acceptors (Lipinski definition) is 6. The lowest BCUT2D eigenvalue weighted by atomic mass is 10.3. The molecule has 1 aliphatic carbocycles. The highest BCUT2D eigenvalue weighted by Crippen LogP contribution is 2.31. The lowest BCUT2D eigenvalue weighted by Gasteiger charge is -1.92. The van der Waals surface area contributed by atoms with E-state index < -0.39 is 0 Å². The van der Waals surface area contributed by atoms with E-state index in [0.717, 1.165) is 23.9 Å². The zero-order valence-corrected chi connectivity index (χ0v) is 9.41. The molecule has 7 nitrogen and oxygen atoms in total. The zero-order chi connectivity index (χ0) is 11.7. The number of nitrogens with two attached hydrogens (primary N) is 1. The van der Waals surface area contributed by atoms with E-state index in [1.54, 1.807) is 10.9 Å². The quantitative estimate of drug-likeness (QED) is 0.789. The van der Waals surface area contributed by atoms with E-state index in [1.807, 2.05) is 0 Å². The van der Waals surface area contributed by atoms with Gasteiger partial charge in [0.1, 0.15) is 6.54 Å². The minimum Gasteiger partial charge on any atom is -0.337 e. The second kappa shape index (κ2) is 4.25. The van der Waals surface area contributed by atoms with Gasteiger partial charge in [0.25, 0.3) is 0 Å². The van der Waals surface area contributed by atoms with Crippen molar-refractivity contribution < 1.29 is 4.52 Å². The molecule has 3 rings (SSSR count). The average molecular weight is 234 g/mol. The van der Waals surface area contributed by atoms with Crippen molar-refractivity contribution in [3.05, 3.63) is 23.6 Å². The van der Waals surface area contributed by atoms with Crippen molar-refractivity contribution in [2.75, 3.05) is 0 Å². The molecule has 0 spiro atoms. The van der Waals surface area contributed by atoms with E-state index in [-0.39, 0.29) is 0 Å². The Kier molecular flexibility index (Phi) is 2.60. The Balaban J connectivity index is 1.65. The summed E-state index contributed by atoms with van der Waals surface area (Å²) in [4.78, 5) is 4.32. The van der Waals surface area contributed by atoms with Crippen molar-refractivity contribution in [2.24, 2.45) is 11.7 Å². The summed E-state index contributed by atoms with van der Waals surface area (Å²) in [6, 6.07) is 0. The van der Waals surface area contributed by atoms with Gasteiger partial charge in [-0.15, -0.1) is 5.10 Å². The highest BCUT2D eigenvalue weighted by Gasteiger charge is 2.24. The predicted octanol–water partition coefficient (Wildman–Crippen LogP) is 0.121. The Morgan fingerprint density at radius 1 is 1.47 bits per heavy atom. The van der Waals surface area contributed by atoms with Gasteiger partial charge in [0.15, 0.2) is 5.82 Å². The number of rotatable bonds is 5. The van der Waals surface area contributed by atoms with Crippen molar-refractivity contribution in [2.45, 2.75) is 32.4 Å². The van der Waals surface area contributed by atoms with Crippen LogP contribution in [0.1, 0.15) is 30.3 Å². The molecule has 0 radical (unpaired) electrons. The van der Waals surface area contributed by atoms with Gasteiger partial charge >= 0.3 is 0 Å². The number of nitrogens with zero attached hydrogens (tertiary/aromatic N) is 5. The van der Waals surface area contributed by atoms with Crippen LogP contribution in [0.25, 0.3) is 0 Å². The Hall–Kier alpha value is -1.76. The molecule has 0 amide bonds. The summed E-state index contributed by atoms with van der Waals surface area (Å²) < 4.78 is 6.81. The normalized spacial score (nSPS) is 15.4. The Morgan fingerprint density at radius 3 is 3.06 bits per heavy atom. The van der Waals surface area contributed by atoms with Crippen molar-refractivity contribution >= 4 is 0 Å². The molecule has 1 aliphatic rings. The molecule has 2 aromatic rings. The van der Waals surface area contributed by atoms with Gasteiger partial charge in [-0.1, -0.05) is 10.4 Å². The average Bonchev–Trinajstić information content (AvgIpc) is 2.86. The number of hydrogen-bond donors (Lipinski definition) is 1. The van der Waals surface area contributed by atoms with Gasteiger partial charge in [0, 0.05) is 13.0 Å². The van der Waals surface area contributed by atoms with Crippen molar-refractivity contribution in [3.8, 4) is 0 Å². The molecule has 0 bridgehead atoms. The Morgan fingerprint density at radius 2 is 2.35 bits per heavy atom. The highest BCUT2D eigenvalue weighted by atomic mass is 16.5. The Labute approximate surface area is 98.0 Å². The van der Waals surface area contributed by atoms with Gasteiger partial charge in [-0.05, 0) is 18.8 Å². The van der Waals surface area contributed by atoms with Crippen LogP contribution in [0.15, 0.2) is 10.7 Å². The largest absolute Gasteiger partial charge is 0.337 e. The lowest BCUT2D eigenvalue weighted by molar-refractivity contribution is 0.359. The molecule has 0 unspecified atom stereocenters. The van der Waals surface area contributed by atoms with Crippen LogP contribution in [-0.2, 0) is 19.5 Å². The summed E-state index contributed by atoms with van der Waals surface area (Å²) >= 11 is 0. The van der Waals surface area contributed by atoms with Crippen LogP contribution in [0.4, 0.5) is 0 Å². The van der Waals surface area contributed by atoms with Gasteiger partial charge in [0.2, 0.25) is 5.89 Å². The summed E-state index contributed by atoms with van der Waals surface area (Å²) in [6.07, 6.45) is 5.28. The first-order chi connectivity index (χ1) is 8.33. The third-order valence-corrected chi connectivity index (χ3v) is 2.77. The molecule has 17 heavy (non-hydrogen) atoms. The summed E-state index contributed by atoms with van der Waals surface area (Å²) in [7, 11) is 0. The highest BCUT2D eigenvalue weighted by molar-refractivity contribution is 4.95. The van der Waals surface area contributed by atoms with E-state index in [0.29, 0.717) is 19.0 Å². The van der Waals surface area contributed by atoms with E-state index in [2.05, 4.69) is 20.5 Å². The molecule has 1 saturated carbocycles. The molecular formula is C10H14N6O. The van der Waals surface area contributed by atoms with Gasteiger partial charge in [0.05, 0.1) is 11.9 Å². The van der Waals surface area contributed by atoms with E-state index in [9.17, 15) is 0 Å². The van der Waals surface area contributed by atoms with Crippen LogP contribution in [0.2, 0.25) is 0 Å². The first-order valence-corrected chi connectivity index (χ1v) is 5.74. The second-order valence-electron chi connectivity index (χ2n) is 4.36. The van der Waals surface area contributed by atoms with Gasteiger partial charge in [-0.25, -0.2) is 4.68 Å². The molecule has 2 N–H and O–H groups in total. The monoisotopic (exact) mass is 234 g/mol. The fourth-order valence-electron chi connectivity index (χ4n) is 1.67. The molecule has 90 valence electrons. The third-order valence-electron chi connectivity index (χ3n) is 2.77. The summed E-state index contributed by atoms with van der Waals surface area (Å²) in [5, 5.41) is 11.8. The summed E-state index contributed by atoms with van der Waals surface area (Å²) in [5.41, 5.74) is 6.21. The van der Waals surface area contributed by atoms with E-state index >= 15 is 0 Å². The van der Waals surface area contributed by atoms with Crippen LogP contribution in [0.5, 0.6) is 0 Å². The van der Waals surface area contributed by atoms with Crippen LogP contribution in [0, 0.1) is 5.92 Å². The van der Waals surface area contributed by atoms with E-state index in [4.69, 9.17) is 10.3 Å². The molecule has 7 heteroatoms. The van der Waals surface area contributed by atoms with Crippen LogP contribution < -0.4 is 5.73 Å². The third kappa shape index (κ3) is 2.50. The molecule has 2 aromatic heterocycles. The summed E-state index contributed by atoms with van der Waals surface area (Å²) in [5.74, 6) is 2.12. The van der Waals surface area contributed by atoms with Gasteiger partial charge < -0.3 is 10.3 Å². The minimum atomic E-state index is 0.386. The number of aromatic nitrogens is 5. The maximum absolute atomic E-state index is 5.46. The lowest BCUT2D eigenvalue weighted by Crippen LogP contribution is -2.01. The zero-order valence-electron chi connectivity index (χ0n) is 9.41. The van der Waals surface area contributed by atoms with Crippen LogP contribution >= 0.6 is 0 Å². The van der Waals surface area contributed by atoms with Crippen molar-refractivity contribution in [3.63, 3.8) is 0 Å². The van der Waals surface area contributed by atoms with Gasteiger partial charge in [-0.3, -0.25) is 0 Å². The molecule has 1 fully saturated rings.